The van der Waals surface area contributed by atoms with Crippen molar-refractivity contribution >= 4 is 32.8 Å². The summed E-state index contributed by atoms with van der Waals surface area (Å²) < 4.78 is 7.85. The van der Waals surface area contributed by atoms with E-state index >= 15 is 0 Å². The van der Waals surface area contributed by atoms with Gasteiger partial charge in [0.1, 0.15) is 0 Å². The summed E-state index contributed by atoms with van der Waals surface area (Å²) in [4.78, 5) is 21.0. The van der Waals surface area contributed by atoms with Gasteiger partial charge in [0.15, 0.2) is 5.82 Å². The van der Waals surface area contributed by atoms with E-state index in [9.17, 15) is 4.79 Å². The molecule has 0 atom stereocenters. The Hall–Kier alpha value is -2.21. The third-order valence-electron chi connectivity index (χ3n) is 5.26. The van der Waals surface area contributed by atoms with Crippen LogP contribution in [-0.4, -0.2) is 27.6 Å². The van der Waals surface area contributed by atoms with Crippen molar-refractivity contribution in [1.29, 1.82) is 0 Å². The van der Waals surface area contributed by atoms with E-state index in [1.807, 2.05) is 25.2 Å². The van der Waals surface area contributed by atoms with Crippen molar-refractivity contribution in [3.8, 4) is 11.5 Å². The smallest absolute Gasteiger partial charge is 0.337 e. The summed E-state index contributed by atoms with van der Waals surface area (Å²) in [5.41, 5.74) is 3.92. The van der Waals surface area contributed by atoms with Crippen molar-refractivity contribution in [2.75, 3.05) is 7.11 Å². The molecule has 1 fully saturated rings. The van der Waals surface area contributed by atoms with Crippen molar-refractivity contribution in [2.45, 2.75) is 31.6 Å². The molecule has 1 aliphatic carbocycles. The van der Waals surface area contributed by atoms with Gasteiger partial charge in [0.2, 0.25) is 0 Å². The number of rotatable bonds is 3. The van der Waals surface area contributed by atoms with Crippen LogP contribution in [0.5, 0.6) is 0 Å². The van der Waals surface area contributed by atoms with Crippen molar-refractivity contribution in [2.24, 2.45) is 7.05 Å². The quantitative estimate of drug-likeness (QED) is 0.576. The highest BCUT2D eigenvalue weighted by Gasteiger charge is 2.28. The van der Waals surface area contributed by atoms with E-state index < -0.39 is 0 Å². The van der Waals surface area contributed by atoms with E-state index in [0.717, 1.165) is 15.7 Å². The van der Waals surface area contributed by atoms with Gasteiger partial charge in [-0.1, -0.05) is 18.9 Å². The number of benzene rings is 1. The number of aromatic nitrogens is 3. The van der Waals surface area contributed by atoms with E-state index in [1.54, 1.807) is 12.4 Å². The van der Waals surface area contributed by atoms with Gasteiger partial charge in [-0.15, -0.1) is 0 Å². The number of ether oxygens (including phenoxy) is 1. The predicted molar refractivity (Wildman–Crippen MR) is 104 cm³/mol. The minimum atomic E-state index is -0.322. The fraction of sp³-hybridized carbons (Fsp3) is 0.350. The van der Waals surface area contributed by atoms with Gasteiger partial charge in [0.05, 0.1) is 22.8 Å². The first-order valence-electron chi connectivity index (χ1n) is 8.78. The molecule has 6 heteroatoms. The number of halogens is 1. The van der Waals surface area contributed by atoms with Gasteiger partial charge in [0, 0.05) is 30.3 Å². The van der Waals surface area contributed by atoms with Crippen LogP contribution in [0.1, 0.15) is 47.5 Å². The molecule has 134 valence electrons. The summed E-state index contributed by atoms with van der Waals surface area (Å²) in [5, 5.41) is 1.17. The first-order chi connectivity index (χ1) is 12.6. The Morgan fingerprint density at radius 1 is 1.23 bits per heavy atom. The molecule has 1 aliphatic rings. The lowest BCUT2D eigenvalue weighted by atomic mass is 9.93. The minimum absolute atomic E-state index is 0.322. The summed E-state index contributed by atoms with van der Waals surface area (Å²) in [5.74, 6) is 0.898. The molecule has 1 aromatic carbocycles. The molecular formula is C20H20BrN3O2. The van der Waals surface area contributed by atoms with Gasteiger partial charge in [-0.2, -0.15) is 0 Å². The second-order valence-corrected chi connectivity index (χ2v) is 7.67. The maximum Gasteiger partial charge on any atom is 0.337 e. The topological polar surface area (TPSA) is 57.0 Å². The van der Waals surface area contributed by atoms with Gasteiger partial charge in [-0.25, -0.2) is 14.8 Å². The monoisotopic (exact) mass is 413 g/mol. The van der Waals surface area contributed by atoms with E-state index in [1.165, 1.54) is 43.7 Å². The molecule has 4 rings (SSSR count). The normalized spacial score (nSPS) is 14.9. The van der Waals surface area contributed by atoms with E-state index in [2.05, 4.69) is 30.5 Å². The highest BCUT2D eigenvalue weighted by Crippen LogP contribution is 2.43. The van der Waals surface area contributed by atoms with Crippen molar-refractivity contribution in [1.82, 2.24) is 14.5 Å². The third kappa shape index (κ3) is 2.82. The molecule has 5 nitrogen and oxygen atoms in total. The summed E-state index contributed by atoms with van der Waals surface area (Å²) in [6.07, 6.45) is 8.42. The molecule has 0 radical (unpaired) electrons. The van der Waals surface area contributed by atoms with Crippen molar-refractivity contribution < 1.29 is 9.53 Å². The average molecular weight is 414 g/mol. The number of aryl methyl sites for hydroxylation is 1. The van der Waals surface area contributed by atoms with E-state index in [0.29, 0.717) is 17.3 Å². The number of hydrogen-bond donors (Lipinski definition) is 0. The van der Waals surface area contributed by atoms with Crippen molar-refractivity contribution in [3.05, 3.63) is 46.2 Å². The number of hydrogen-bond acceptors (Lipinski definition) is 4. The molecule has 2 aromatic heterocycles. The standard InChI is InChI=1S/C20H20BrN3O2/c1-24-16-9-13(20(25)26-2)7-8-15(16)17(12-5-3-4-6-12)18(24)19-22-10-14(21)11-23-19/h7-12H,3-6H2,1-2H3. The lowest BCUT2D eigenvalue weighted by Crippen LogP contribution is -2.02. The number of esters is 1. The average Bonchev–Trinajstić information content (AvgIpc) is 3.28. The Balaban J connectivity index is 1.98. The molecule has 3 aromatic rings. The number of methoxy groups -OCH3 is 1. The zero-order valence-corrected chi connectivity index (χ0v) is 16.4. The van der Waals surface area contributed by atoms with E-state index in [-0.39, 0.29) is 5.97 Å². The Kier molecular flexibility index (Phi) is 4.53. The van der Waals surface area contributed by atoms with E-state index in [4.69, 9.17) is 4.74 Å². The first kappa shape index (κ1) is 17.2. The zero-order valence-electron chi connectivity index (χ0n) is 14.8. The fourth-order valence-corrected chi connectivity index (χ4v) is 4.25. The van der Waals surface area contributed by atoms with Crippen LogP contribution in [0.3, 0.4) is 0 Å². The number of fused-ring (bicyclic) bond motifs is 1. The van der Waals surface area contributed by atoms with Crippen LogP contribution in [0, 0.1) is 0 Å². The molecule has 0 unspecified atom stereocenters. The number of nitrogens with zero attached hydrogens (tertiary/aromatic N) is 3. The second-order valence-electron chi connectivity index (χ2n) is 6.75. The highest BCUT2D eigenvalue weighted by atomic mass is 79.9. The third-order valence-corrected chi connectivity index (χ3v) is 5.67. The van der Waals surface area contributed by atoms with Gasteiger partial charge >= 0.3 is 5.97 Å². The lowest BCUT2D eigenvalue weighted by Gasteiger charge is -2.12. The molecule has 0 N–H and O–H groups in total. The van der Waals surface area contributed by atoms with Crippen LogP contribution in [0.2, 0.25) is 0 Å². The Morgan fingerprint density at radius 2 is 1.92 bits per heavy atom. The van der Waals surface area contributed by atoms with Gasteiger partial charge in [0.25, 0.3) is 0 Å². The largest absolute Gasteiger partial charge is 0.465 e. The van der Waals surface area contributed by atoms with Crippen LogP contribution in [0.25, 0.3) is 22.4 Å². The lowest BCUT2D eigenvalue weighted by molar-refractivity contribution is 0.0601. The summed E-state index contributed by atoms with van der Waals surface area (Å²) in [6, 6.07) is 5.79. The molecular weight excluding hydrogens is 394 g/mol. The molecule has 26 heavy (non-hydrogen) atoms. The van der Waals surface area contributed by atoms with Crippen LogP contribution in [-0.2, 0) is 11.8 Å². The Labute approximate surface area is 160 Å². The molecule has 1 saturated carbocycles. The maximum absolute atomic E-state index is 12.0. The zero-order chi connectivity index (χ0) is 18.3. The molecule has 0 amide bonds. The van der Waals surface area contributed by atoms with Crippen LogP contribution >= 0.6 is 15.9 Å². The molecule has 0 spiro atoms. The van der Waals surface area contributed by atoms with Crippen LogP contribution in [0.15, 0.2) is 35.1 Å². The van der Waals surface area contributed by atoms with Crippen LogP contribution < -0.4 is 0 Å². The summed E-state index contributed by atoms with van der Waals surface area (Å²) in [7, 11) is 3.42. The minimum Gasteiger partial charge on any atom is -0.465 e. The summed E-state index contributed by atoms with van der Waals surface area (Å²) >= 11 is 3.41. The summed E-state index contributed by atoms with van der Waals surface area (Å²) in [6.45, 7) is 0. The SMILES string of the molecule is COC(=O)c1ccc2c(C3CCCC3)c(-c3ncc(Br)cn3)n(C)c2c1. The molecule has 2 heterocycles. The second kappa shape index (κ2) is 6.83. The highest BCUT2D eigenvalue weighted by molar-refractivity contribution is 9.10. The van der Waals surface area contributed by atoms with Crippen molar-refractivity contribution in [3.63, 3.8) is 0 Å². The fourth-order valence-electron chi connectivity index (χ4n) is 4.04. The molecule has 0 aliphatic heterocycles. The van der Waals surface area contributed by atoms with Crippen LogP contribution in [0.4, 0.5) is 0 Å². The maximum atomic E-state index is 12.0. The Morgan fingerprint density at radius 3 is 2.58 bits per heavy atom. The molecule has 0 bridgehead atoms. The number of carbonyl (C=O) groups excluding carboxylic acids is 1. The number of carbonyl (C=O) groups is 1. The Bertz CT molecular complexity index is 973. The van der Waals surface area contributed by atoms with Gasteiger partial charge in [-0.05, 0) is 52.4 Å². The first-order valence-corrected chi connectivity index (χ1v) is 9.58. The molecule has 0 saturated heterocycles. The van der Waals surface area contributed by atoms with Gasteiger partial charge < -0.3 is 9.30 Å². The predicted octanol–water partition coefficient (Wildman–Crippen LogP) is 4.84. The van der Waals surface area contributed by atoms with Gasteiger partial charge in [-0.3, -0.25) is 0 Å².